The molecule has 0 aromatic heterocycles. The minimum absolute atomic E-state index is 0.206. The summed E-state index contributed by atoms with van der Waals surface area (Å²) < 4.78 is 14.1. The molecule has 0 aliphatic rings. The molecule has 0 unspecified atom stereocenters. The normalized spacial score (nSPS) is 11.7. The Morgan fingerprint density at radius 1 is 0.905 bits per heavy atom. The minimum Gasteiger partial charge on any atom is -0.207 e. The van der Waals surface area contributed by atoms with Crippen LogP contribution in [0.25, 0.3) is 0 Å². The van der Waals surface area contributed by atoms with Crippen LogP contribution in [0.4, 0.5) is 4.39 Å². The molecule has 0 atom stereocenters. The number of rotatable bonds is 5. The zero-order valence-electron chi connectivity index (χ0n) is 11.1. The monoisotopic (exact) mass is 364 g/mol. The molecule has 2 rings (SSSR count). The van der Waals surface area contributed by atoms with E-state index in [1.165, 1.54) is 6.07 Å². The van der Waals surface area contributed by atoms with Crippen LogP contribution in [0.1, 0.15) is 11.1 Å². The van der Waals surface area contributed by atoms with Gasteiger partial charge in [-0.25, -0.2) is 4.39 Å². The molecule has 2 aromatic rings. The van der Waals surface area contributed by atoms with Crippen LogP contribution < -0.4 is 0 Å². The molecule has 112 valence electrons. The Bertz CT molecular complexity index is 623. The fraction of sp³-hybridized carbons (Fsp3) is 0.250. The first kappa shape index (κ1) is 16.9. The largest absolute Gasteiger partial charge is 0.207 e. The summed E-state index contributed by atoms with van der Waals surface area (Å²) in [5.74, 6) is 0.105. The smallest absolute Gasteiger partial charge is 0.127 e. The van der Waals surface area contributed by atoms with Gasteiger partial charge < -0.3 is 0 Å². The summed E-state index contributed by atoms with van der Waals surface area (Å²) in [6, 6.07) is 11.9. The summed E-state index contributed by atoms with van der Waals surface area (Å²) in [5, 5.41) is 0.939. The van der Waals surface area contributed by atoms with Gasteiger partial charge in [0, 0.05) is 17.2 Å². The van der Waals surface area contributed by atoms with Crippen molar-refractivity contribution in [2.45, 2.75) is 11.8 Å². The van der Waals surface area contributed by atoms with E-state index in [1.54, 1.807) is 30.3 Å². The highest BCUT2D eigenvalue weighted by molar-refractivity contribution is 6.42. The Labute approximate surface area is 143 Å². The van der Waals surface area contributed by atoms with Crippen LogP contribution in [0.2, 0.25) is 10.0 Å². The zero-order valence-corrected chi connectivity index (χ0v) is 14.1. The second kappa shape index (κ2) is 7.19. The van der Waals surface area contributed by atoms with Crippen LogP contribution in [0, 0.1) is 5.82 Å². The fourth-order valence-corrected chi connectivity index (χ4v) is 3.38. The van der Waals surface area contributed by atoms with Gasteiger partial charge in [0.1, 0.15) is 5.82 Å². The Morgan fingerprint density at radius 2 is 1.57 bits per heavy atom. The number of hydrogen-bond acceptors (Lipinski definition) is 0. The SMILES string of the molecule is Fc1ccccc1C(CCl)(CCl)Cc1ccc(Cl)c(Cl)c1. The van der Waals surface area contributed by atoms with Crippen molar-refractivity contribution in [3.05, 3.63) is 69.5 Å². The Morgan fingerprint density at radius 3 is 2.14 bits per heavy atom. The summed E-state index contributed by atoms with van der Waals surface area (Å²) in [4.78, 5) is 0. The van der Waals surface area contributed by atoms with Crippen molar-refractivity contribution in [1.82, 2.24) is 0 Å². The molecule has 0 N–H and O–H groups in total. The average Bonchev–Trinajstić information content (AvgIpc) is 2.49. The van der Waals surface area contributed by atoms with Gasteiger partial charge in [-0.05, 0) is 35.7 Å². The van der Waals surface area contributed by atoms with Gasteiger partial charge in [0.05, 0.1) is 10.0 Å². The van der Waals surface area contributed by atoms with E-state index in [4.69, 9.17) is 46.4 Å². The fourth-order valence-electron chi connectivity index (χ4n) is 2.30. The van der Waals surface area contributed by atoms with Gasteiger partial charge in [0.25, 0.3) is 0 Å². The molecule has 21 heavy (non-hydrogen) atoms. The molecule has 0 nitrogen and oxygen atoms in total. The number of halogens is 5. The number of benzene rings is 2. The maximum Gasteiger partial charge on any atom is 0.127 e. The summed E-state index contributed by atoms with van der Waals surface area (Å²) in [6.45, 7) is 0. The molecule has 0 aliphatic heterocycles. The second-order valence-electron chi connectivity index (χ2n) is 4.95. The van der Waals surface area contributed by atoms with Crippen molar-refractivity contribution in [2.75, 3.05) is 11.8 Å². The molecule has 0 heterocycles. The third-order valence-corrected chi connectivity index (χ3v) is 5.25. The predicted molar refractivity (Wildman–Crippen MR) is 89.7 cm³/mol. The standard InChI is InChI=1S/C16H13Cl4F/c17-9-16(10-18,12-3-1-2-4-15(12)21)8-11-5-6-13(19)14(20)7-11/h1-7H,8-10H2. The first-order valence-electron chi connectivity index (χ1n) is 6.33. The van der Waals surface area contributed by atoms with Gasteiger partial charge in [0.2, 0.25) is 0 Å². The number of hydrogen-bond donors (Lipinski definition) is 0. The summed E-state index contributed by atoms with van der Waals surface area (Å²) >= 11 is 24.2. The first-order valence-corrected chi connectivity index (χ1v) is 8.16. The molecule has 0 saturated carbocycles. The maximum atomic E-state index is 14.1. The number of alkyl halides is 2. The van der Waals surface area contributed by atoms with Crippen molar-refractivity contribution >= 4 is 46.4 Å². The third-order valence-electron chi connectivity index (χ3n) is 3.48. The third kappa shape index (κ3) is 3.65. The highest BCUT2D eigenvalue weighted by atomic mass is 35.5. The molecular formula is C16H13Cl4F. The quantitative estimate of drug-likeness (QED) is 0.562. The van der Waals surface area contributed by atoms with E-state index in [1.807, 2.05) is 6.07 Å². The highest BCUT2D eigenvalue weighted by Crippen LogP contribution is 2.34. The Hall–Kier alpha value is -0.470. The molecule has 0 spiro atoms. The summed E-state index contributed by atoms with van der Waals surface area (Å²) in [5.41, 5.74) is 0.737. The Balaban J connectivity index is 2.43. The van der Waals surface area contributed by atoms with E-state index in [2.05, 4.69) is 0 Å². The van der Waals surface area contributed by atoms with E-state index in [-0.39, 0.29) is 17.6 Å². The van der Waals surface area contributed by atoms with Gasteiger partial charge in [-0.3, -0.25) is 0 Å². The van der Waals surface area contributed by atoms with E-state index in [0.717, 1.165) is 5.56 Å². The molecule has 0 bridgehead atoms. The van der Waals surface area contributed by atoms with Crippen molar-refractivity contribution in [2.24, 2.45) is 0 Å². The van der Waals surface area contributed by atoms with E-state index in [0.29, 0.717) is 22.0 Å². The minimum atomic E-state index is -0.689. The van der Waals surface area contributed by atoms with Crippen molar-refractivity contribution in [3.8, 4) is 0 Å². The molecule has 0 radical (unpaired) electrons. The maximum absolute atomic E-state index is 14.1. The zero-order chi connectivity index (χ0) is 15.5. The average molecular weight is 366 g/mol. The molecule has 2 aromatic carbocycles. The van der Waals surface area contributed by atoms with Crippen LogP contribution in [-0.4, -0.2) is 11.8 Å². The van der Waals surface area contributed by atoms with Crippen molar-refractivity contribution < 1.29 is 4.39 Å². The molecule has 0 saturated heterocycles. The molecule has 0 fully saturated rings. The van der Waals surface area contributed by atoms with Gasteiger partial charge in [-0.2, -0.15) is 0 Å². The lowest BCUT2D eigenvalue weighted by atomic mass is 9.78. The van der Waals surface area contributed by atoms with E-state index in [9.17, 15) is 4.39 Å². The molecule has 5 heteroatoms. The molecule has 0 aliphatic carbocycles. The van der Waals surface area contributed by atoms with Crippen LogP contribution in [-0.2, 0) is 11.8 Å². The Kier molecular flexibility index (Phi) is 5.79. The van der Waals surface area contributed by atoms with Crippen LogP contribution in [0.5, 0.6) is 0 Å². The van der Waals surface area contributed by atoms with Crippen molar-refractivity contribution in [3.63, 3.8) is 0 Å². The summed E-state index contributed by atoms with van der Waals surface area (Å²) in [6.07, 6.45) is 0.484. The van der Waals surface area contributed by atoms with Crippen molar-refractivity contribution in [1.29, 1.82) is 0 Å². The lowest BCUT2D eigenvalue weighted by Gasteiger charge is -2.31. The van der Waals surface area contributed by atoms with E-state index < -0.39 is 5.41 Å². The molecular weight excluding hydrogens is 353 g/mol. The topological polar surface area (TPSA) is 0 Å². The molecule has 0 amide bonds. The van der Waals surface area contributed by atoms with Gasteiger partial charge in [-0.15, -0.1) is 23.2 Å². The van der Waals surface area contributed by atoms with Crippen LogP contribution in [0.15, 0.2) is 42.5 Å². The predicted octanol–water partition coefficient (Wildman–Crippen LogP) is 6.09. The van der Waals surface area contributed by atoms with Gasteiger partial charge in [-0.1, -0.05) is 47.5 Å². The second-order valence-corrected chi connectivity index (χ2v) is 6.30. The summed E-state index contributed by atoms with van der Waals surface area (Å²) in [7, 11) is 0. The van der Waals surface area contributed by atoms with E-state index >= 15 is 0 Å². The lowest BCUT2D eigenvalue weighted by molar-refractivity contribution is 0.491. The van der Waals surface area contributed by atoms with Crippen LogP contribution >= 0.6 is 46.4 Å². The lowest BCUT2D eigenvalue weighted by Crippen LogP contribution is -2.34. The van der Waals surface area contributed by atoms with Gasteiger partial charge in [0.15, 0.2) is 0 Å². The highest BCUT2D eigenvalue weighted by Gasteiger charge is 2.33. The first-order chi connectivity index (χ1) is 10.0. The van der Waals surface area contributed by atoms with Gasteiger partial charge >= 0.3 is 0 Å². The van der Waals surface area contributed by atoms with Crippen LogP contribution in [0.3, 0.4) is 0 Å².